The van der Waals surface area contributed by atoms with Gasteiger partial charge in [-0.15, -0.1) is 0 Å². The van der Waals surface area contributed by atoms with Crippen LogP contribution in [-0.2, 0) is 11.2 Å². The summed E-state index contributed by atoms with van der Waals surface area (Å²) in [7, 11) is 0. The SMILES string of the molecule is CC(C)(CO)NC(=O)CCc1nc(C2CC2)no1. The van der Waals surface area contributed by atoms with Gasteiger partial charge in [0.25, 0.3) is 0 Å². The maximum atomic E-state index is 11.6. The molecule has 1 fully saturated rings. The number of hydrogen-bond acceptors (Lipinski definition) is 5. The van der Waals surface area contributed by atoms with Gasteiger partial charge in [-0.3, -0.25) is 4.79 Å². The van der Waals surface area contributed by atoms with Crippen LogP contribution in [0.1, 0.15) is 50.7 Å². The van der Waals surface area contributed by atoms with Crippen molar-refractivity contribution in [1.82, 2.24) is 15.5 Å². The van der Waals surface area contributed by atoms with E-state index in [4.69, 9.17) is 9.63 Å². The first kappa shape index (κ1) is 13.0. The van der Waals surface area contributed by atoms with Gasteiger partial charge in [0.15, 0.2) is 5.82 Å². The standard InChI is InChI=1S/C12H19N3O3/c1-12(2,7-16)14-9(17)5-6-10-13-11(15-18-10)8-3-4-8/h8,16H,3-7H2,1-2H3,(H,14,17). The van der Waals surface area contributed by atoms with Crippen LogP contribution in [0.2, 0.25) is 0 Å². The van der Waals surface area contributed by atoms with Gasteiger partial charge in [0.2, 0.25) is 11.8 Å². The number of nitrogens with one attached hydrogen (secondary N) is 1. The molecule has 1 aliphatic rings. The van der Waals surface area contributed by atoms with Crippen molar-refractivity contribution >= 4 is 5.91 Å². The van der Waals surface area contributed by atoms with Crippen LogP contribution < -0.4 is 5.32 Å². The van der Waals surface area contributed by atoms with Crippen molar-refractivity contribution in [2.24, 2.45) is 0 Å². The minimum atomic E-state index is -0.592. The number of aliphatic hydroxyl groups excluding tert-OH is 1. The summed E-state index contributed by atoms with van der Waals surface area (Å²) in [6, 6.07) is 0. The van der Waals surface area contributed by atoms with Gasteiger partial charge in [0, 0.05) is 18.8 Å². The predicted octanol–water partition coefficient (Wildman–Crippen LogP) is 0.767. The van der Waals surface area contributed by atoms with Crippen molar-refractivity contribution in [3.05, 3.63) is 11.7 Å². The summed E-state index contributed by atoms with van der Waals surface area (Å²) >= 11 is 0. The number of amides is 1. The lowest BCUT2D eigenvalue weighted by molar-refractivity contribution is -0.123. The van der Waals surface area contributed by atoms with Crippen LogP contribution in [0.15, 0.2) is 4.52 Å². The average Bonchev–Trinajstić information content (AvgIpc) is 3.06. The maximum absolute atomic E-state index is 11.6. The van der Waals surface area contributed by atoms with Gasteiger partial charge in [-0.05, 0) is 26.7 Å². The second kappa shape index (κ2) is 5.06. The Morgan fingerprint density at radius 1 is 1.56 bits per heavy atom. The van der Waals surface area contributed by atoms with Crippen molar-refractivity contribution in [3.63, 3.8) is 0 Å². The maximum Gasteiger partial charge on any atom is 0.227 e. The average molecular weight is 253 g/mol. The molecule has 6 nitrogen and oxygen atoms in total. The lowest BCUT2D eigenvalue weighted by Crippen LogP contribution is -2.46. The van der Waals surface area contributed by atoms with Crippen LogP contribution in [0.4, 0.5) is 0 Å². The lowest BCUT2D eigenvalue weighted by Gasteiger charge is -2.23. The second-order valence-corrected chi connectivity index (χ2v) is 5.41. The van der Waals surface area contributed by atoms with E-state index >= 15 is 0 Å². The van der Waals surface area contributed by atoms with Crippen LogP contribution >= 0.6 is 0 Å². The molecule has 1 aromatic heterocycles. The van der Waals surface area contributed by atoms with E-state index in [1.54, 1.807) is 13.8 Å². The summed E-state index contributed by atoms with van der Waals surface area (Å²) in [6.07, 6.45) is 2.98. The Bertz CT molecular complexity index is 424. The Morgan fingerprint density at radius 3 is 2.89 bits per heavy atom. The number of carbonyl (C=O) groups is 1. The molecule has 0 aliphatic heterocycles. The Kier molecular flexibility index (Phi) is 3.65. The summed E-state index contributed by atoms with van der Waals surface area (Å²) in [4.78, 5) is 15.9. The van der Waals surface area contributed by atoms with Crippen molar-refractivity contribution < 1.29 is 14.4 Å². The summed E-state index contributed by atoms with van der Waals surface area (Å²) < 4.78 is 5.08. The minimum Gasteiger partial charge on any atom is -0.394 e. The molecule has 1 saturated carbocycles. The minimum absolute atomic E-state index is 0.0921. The molecule has 18 heavy (non-hydrogen) atoms. The van der Waals surface area contributed by atoms with Crippen molar-refractivity contribution in [2.45, 2.75) is 51.0 Å². The lowest BCUT2D eigenvalue weighted by atomic mass is 10.1. The van der Waals surface area contributed by atoms with Crippen LogP contribution in [-0.4, -0.2) is 33.3 Å². The van der Waals surface area contributed by atoms with E-state index in [-0.39, 0.29) is 18.9 Å². The molecule has 2 rings (SSSR count). The number of hydrogen-bond donors (Lipinski definition) is 2. The van der Waals surface area contributed by atoms with E-state index < -0.39 is 5.54 Å². The molecule has 1 aromatic rings. The summed E-state index contributed by atoms with van der Waals surface area (Å²) in [5, 5.41) is 15.7. The van der Waals surface area contributed by atoms with E-state index in [1.807, 2.05) is 0 Å². The number of rotatable bonds is 6. The van der Waals surface area contributed by atoms with Crippen LogP contribution in [0, 0.1) is 0 Å². The zero-order valence-corrected chi connectivity index (χ0v) is 10.8. The molecule has 0 spiro atoms. The highest BCUT2D eigenvalue weighted by Crippen LogP contribution is 2.38. The fourth-order valence-electron chi connectivity index (χ4n) is 1.58. The first-order chi connectivity index (χ1) is 8.50. The molecular formula is C12H19N3O3. The number of aliphatic hydroxyl groups is 1. The van der Waals surface area contributed by atoms with E-state index in [2.05, 4.69) is 15.5 Å². The monoisotopic (exact) mass is 253 g/mol. The molecule has 100 valence electrons. The molecule has 0 radical (unpaired) electrons. The number of aryl methyl sites for hydroxylation is 1. The fourth-order valence-corrected chi connectivity index (χ4v) is 1.58. The number of aromatic nitrogens is 2. The highest BCUT2D eigenvalue weighted by molar-refractivity contribution is 5.76. The van der Waals surface area contributed by atoms with Crippen LogP contribution in [0.3, 0.4) is 0 Å². The molecule has 1 heterocycles. The van der Waals surface area contributed by atoms with Crippen LogP contribution in [0.5, 0.6) is 0 Å². The molecule has 1 amide bonds. The van der Waals surface area contributed by atoms with Gasteiger partial charge >= 0.3 is 0 Å². The molecule has 0 bridgehead atoms. The van der Waals surface area contributed by atoms with Crippen molar-refractivity contribution in [1.29, 1.82) is 0 Å². The third-order valence-electron chi connectivity index (χ3n) is 2.87. The molecule has 0 atom stereocenters. The topological polar surface area (TPSA) is 88.2 Å². The first-order valence-electron chi connectivity index (χ1n) is 6.24. The molecule has 1 aliphatic carbocycles. The van der Waals surface area contributed by atoms with Crippen LogP contribution in [0.25, 0.3) is 0 Å². The molecule has 0 saturated heterocycles. The smallest absolute Gasteiger partial charge is 0.227 e. The second-order valence-electron chi connectivity index (χ2n) is 5.41. The fraction of sp³-hybridized carbons (Fsp3) is 0.750. The molecule has 0 unspecified atom stereocenters. The first-order valence-corrected chi connectivity index (χ1v) is 6.24. The van der Waals surface area contributed by atoms with E-state index in [1.165, 1.54) is 0 Å². The normalized spacial score (nSPS) is 15.7. The zero-order valence-electron chi connectivity index (χ0n) is 10.8. The van der Waals surface area contributed by atoms with Crippen molar-refractivity contribution in [2.75, 3.05) is 6.61 Å². The molecular weight excluding hydrogens is 234 g/mol. The van der Waals surface area contributed by atoms with Gasteiger partial charge in [-0.2, -0.15) is 4.98 Å². The van der Waals surface area contributed by atoms with E-state index in [0.29, 0.717) is 18.2 Å². The van der Waals surface area contributed by atoms with Gasteiger partial charge in [-0.25, -0.2) is 0 Å². The molecule has 2 N–H and O–H groups in total. The molecule has 6 heteroatoms. The highest BCUT2D eigenvalue weighted by atomic mass is 16.5. The Hall–Kier alpha value is -1.43. The van der Waals surface area contributed by atoms with Crippen molar-refractivity contribution in [3.8, 4) is 0 Å². The summed E-state index contributed by atoms with van der Waals surface area (Å²) in [5.74, 6) is 1.61. The Labute approximate surface area is 106 Å². The largest absolute Gasteiger partial charge is 0.394 e. The zero-order chi connectivity index (χ0) is 13.2. The third kappa shape index (κ3) is 3.53. The number of nitrogens with zero attached hydrogens (tertiary/aromatic N) is 2. The summed E-state index contributed by atoms with van der Waals surface area (Å²) in [6.45, 7) is 3.44. The quantitative estimate of drug-likeness (QED) is 0.781. The van der Waals surface area contributed by atoms with Gasteiger partial charge < -0.3 is 14.9 Å². The Balaban J connectivity index is 1.78. The van der Waals surface area contributed by atoms with Gasteiger partial charge in [0.05, 0.1) is 12.1 Å². The summed E-state index contributed by atoms with van der Waals surface area (Å²) in [5.41, 5.74) is -0.592. The molecule has 0 aromatic carbocycles. The van der Waals surface area contributed by atoms with E-state index in [0.717, 1.165) is 18.7 Å². The van der Waals surface area contributed by atoms with E-state index in [9.17, 15) is 4.79 Å². The highest BCUT2D eigenvalue weighted by Gasteiger charge is 2.28. The Morgan fingerprint density at radius 2 is 2.28 bits per heavy atom. The van der Waals surface area contributed by atoms with Gasteiger partial charge in [0.1, 0.15) is 0 Å². The number of carbonyl (C=O) groups excluding carboxylic acids is 1. The van der Waals surface area contributed by atoms with Gasteiger partial charge in [-0.1, -0.05) is 5.16 Å². The third-order valence-corrected chi connectivity index (χ3v) is 2.87. The predicted molar refractivity (Wildman–Crippen MR) is 63.9 cm³/mol.